The molecule has 0 bridgehead atoms. The van der Waals surface area contributed by atoms with Crippen molar-refractivity contribution in [2.75, 3.05) is 0 Å². The van der Waals surface area contributed by atoms with Crippen molar-refractivity contribution in [2.24, 2.45) is 11.8 Å². The Morgan fingerprint density at radius 2 is 1.79 bits per heavy atom. The van der Waals surface area contributed by atoms with Crippen LogP contribution in [0.25, 0.3) is 0 Å². The predicted octanol–water partition coefficient (Wildman–Crippen LogP) is 2.84. The smallest absolute Gasteiger partial charge is 0.306 e. The van der Waals surface area contributed by atoms with Gasteiger partial charge in [0, 0.05) is 18.1 Å². The Hall–Kier alpha value is -2.44. The zero-order valence-electron chi connectivity index (χ0n) is 13.8. The number of carboxylic acids is 1. The van der Waals surface area contributed by atoms with E-state index in [1.165, 1.54) is 12.1 Å². The minimum Gasteiger partial charge on any atom is -0.481 e. The molecule has 24 heavy (non-hydrogen) atoms. The predicted molar refractivity (Wildman–Crippen MR) is 87.3 cm³/mol. The molecule has 2 atom stereocenters. The summed E-state index contributed by atoms with van der Waals surface area (Å²) in [6, 6.07) is 6.06. The van der Waals surface area contributed by atoms with Crippen molar-refractivity contribution < 1.29 is 19.6 Å². The molecule has 2 rings (SSSR count). The van der Waals surface area contributed by atoms with Crippen LogP contribution in [0.3, 0.4) is 0 Å². The van der Waals surface area contributed by atoms with Crippen LogP contribution in [0.2, 0.25) is 0 Å². The average molecular weight is 334 g/mol. The minimum atomic E-state index is -0.845. The van der Waals surface area contributed by atoms with E-state index >= 15 is 0 Å². The highest BCUT2D eigenvalue weighted by Crippen LogP contribution is 2.31. The number of nitro benzene ring substituents is 1. The van der Waals surface area contributed by atoms with Gasteiger partial charge < -0.3 is 10.4 Å². The van der Waals surface area contributed by atoms with Crippen molar-refractivity contribution in [2.45, 2.75) is 45.1 Å². The second-order valence-electron chi connectivity index (χ2n) is 6.82. The van der Waals surface area contributed by atoms with Gasteiger partial charge in [-0.05, 0) is 50.8 Å². The second kappa shape index (κ2) is 6.98. The number of carboxylic acid groups (broad SMARTS) is 1. The van der Waals surface area contributed by atoms with Crippen molar-refractivity contribution in [3.63, 3.8) is 0 Å². The number of carbonyl (C=O) groups is 2. The van der Waals surface area contributed by atoms with Crippen LogP contribution >= 0.6 is 0 Å². The van der Waals surface area contributed by atoms with Crippen LogP contribution in [-0.4, -0.2) is 21.9 Å². The first-order valence-electron chi connectivity index (χ1n) is 8.00. The molecule has 0 aromatic heterocycles. The summed E-state index contributed by atoms with van der Waals surface area (Å²) in [6.07, 6.45) is 2.39. The third-order valence-corrected chi connectivity index (χ3v) is 4.63. The Balaban J connectivity index is 2.06. The minimum absolute atomic E-state index is 0.00235. The molecule has 1 amide bonds. The zero-order chi connectivity index (χ0) is 17.9. The van der Waals surface area contributed by atoms with Gasteiger partial charge in [-0.15, -0.1) is 0 Å². The normalized spacial score (nSPS) is 21.1. The lowest BCUT2D eigenvalue weighted by molar-refractivity contribution is -0.384. The van der Waals surface area contributed by atoms with E-state index in [0.717, 1.165) is 12.0 Å². The number of non-ortho nitro benzene ring substituents is 1. The van der Waals surface area contributed by atoms with Gasteiger partial charge in [-0.3, -0.25) is 19.7 Å². The largest absolute Gasteiger partial charge is 0.481 e. The first-order valence-corrected chi connectivity index (χ1v) is 8.00. The highest BCUT2D eigenvalue weighted by Gasteiger charge is 2.33. The van der Waals surface area contributed by atoms with Crippen molar-refractivity contribution in [1.29, 1.82) is 0 Å². The van der Waals surface area contributed by atoms with E-state index < -0.39 is 22.3 Å². The standard InChI is InChI=1S/C17H22N2O5/c1-17(2,13-6-8-14(9-7-13)19(23)24)18-15(20)11-4-3-5-12(10-11)16(21)22/h6-9,11-12H,3-5,10H2,1-2H3,(H,18,20)(H,21,22). The Kier molecular flexibility index (Phi) is 5.21. The molecule has 1 saturated carbocycles. The SMILES string of the molecule is CC(C)(NC(=O)C1CCCC(C(=O)O)C1)c1ccc([N+](=O)[O-])cc1. The fraction of sp³-hybridized carbons (Fsp3) is 0.529. The molecule has 0 aliphatic heterocycles. The third kappa shape index (κ3) is 4.10. The quantitative estimate of drug-likeness (QED) is 0.635. The van der Waals surface area contributed by atoms with Crippen LogP contribution < -0.4 is 5.32 Å². The Morgan fingerprint density at radius 3 is 2.33 bits per heavy atom. The van der Waals surface area contributed by atoms with Gasteiger partial charge in [0.1, 0.15) is 0 Å². The van der Waals surface area contributed by atoms with Gasteiger partial charge in [0.25, 0.3) is 5.69 Å². The monoisotopic (exact) mass is 334 g/mol. The molecule has 0 radical (unpaired) electrons. The van der Waals surface area contributed by atoms with Crippen LogP contribution in [-0.2, 0) is 15.1 Å². The van der Waals surface area contributed by atoms with Gasteiger partial charge >= 0.3 is 5.97 Å². The number of nitrogens with zero attached hydrogens (tertiary/aromatic N) is 1. The lowest BCUT2D eigenvalue weighted by Gasteiger charge is -2.32. The number of benzene rings is 1. The van der Waals surface area contributed by atoms with Crippen LogP contribution in [0.4, 0.5) is 5.69 Å². The number of hydrogen-bond acceptors (Lipinski definition) is 4. The topological polar surface area (TPSA) is 110 Å². The molecule has 1 aromatic carbocycles. The fourth-order valence-corrected chi connectivity index (χ4v) is 3.13. The summed E-state index contributed by atoms with van der Waals surface area (Å²) in [6.45, 7) is 3.65. The van der Waals surface area contributed by atoms with Crippen molar-refractivity contribution in [3.05, 3.63) is 39.9 Å². The Bertz CT molecular complexity index is 639. The molecule has 1 aliphatic rings. The number of nitro groups is 1. The maximum Gasteiger partial charge on any atom is 0.306 e. The number of hydrogen-bond donors (Lipinski definition) is 2. The molecule has 0 spiro atoms. The molecule has 2 unspecified atom stereocenters. The molecule has 130 valence electrons. The van der Waals surface area contributed by atoms with Gasteiger partial charge in [-0.1, -0.05) is 6.42 Å². The van der Waals surface area contributed by atoms with Crippen LogP contribution in [0.1, 0.15) is 45.1 Å². The molecule has 0 heterocycles. The van der Waals surface area contributed by atoms with Crippen molar-refractivity contribution >= 4 is 17.6 Å². The van der Waals surface area contributed by atoms with Crippen molar-refractivity contribution in [3.8, 4) is 0 Å². The molecule has 0 saturated heterocycles. The van der Waals surface area contributed by atoms with Crippen LogP contribution in [0.15, 0.2) is 24.3 Å². The average Bonchev–Trinajstić information content (AvgIpc) is 2.54. The molecule has 1 aliphatic carbocycles. The number of amides is 1. The van der Waals surface area contributed by atoms with E-state index in [2.05, 4.69) is 5.32 Å². The van der Waals surface area contributed by atoms with E-state index in [1.54, 1.807) is 12.1 Å². The third-order valence-electron chi connectivity index (χ3n) is 4.63. The van der Waals surface area contributed by atoms with Crippen LogP contribution in [0.5, 0.6) is 0 Å². The molecule has 1 aromatic rings. The van der Waals surface area contributed by atoms with E-state index in [1.807, 2.05) is 13.8 Å². The Morgan fingerprint density at radius 1 is 1.21 bits per heavy atom. The summed E-state index contributed by atoms with van der Waals surface area (Å²) in [5.41, 5.74) is 0.0621. The highest BCUT2D eigenvalue weighted by atomic mass is 16.6. The summed E-state index contributed by atoms with van der Waals surface area (Å²) in [7, 11) is 0. The Labute approximate surface area is 140 Å². The molecule has 1 fully saturated rings. The van der Waals surface area contributed by atoms with Gasteiger partial charge in [-0.2, -0.15) is 0 Å². The number of aliphatic carboxylic acids is 1. The lowest BCUT2D eigenvalue weighted by Crippen LogP contribution is -2.45. The molecule has 7 nitrogen and oxygen atoms in total. The maximum absolute atomic E-state index is 12.5. The molecule has 7 heteroatoms. The van der Waals surface area contributed by atoms with Gasteiger partial charge in [0.05, 0.1) is 16.4 Å². The molecule has 2 N–H and O–H groups in total. The molecular formula is C17H22N2O5. The van der Waals surface area contributed by atoms with Gasteiger partial charge in [0.2, 0.25) is 5.91 Å². The highest BCUT2D eigenvalue weighted by molar-refractivity contribution is 5.81. The lowest BCUT2D eigenvalue weighted by atomic mass is 9.80. The van der Waals surface area contributed by atoms with Gasteiger partial charge in [0.15, 0.2) is 0 Å². The van der Waals surface area contributed by atoms with Crippen molar-refractivity contribution in [1.82, 2.24) is 5.32 Å². The van der Waals surface area contributed by atoms with Crippen LogP contribution in [0, 0.1) is 22.0 Å². The number of nitrogens with one attached hydrogen (secondary N) is 1. The van der Waals surface area contributed by atoms with Gasteiger partial charge in [-0.25, -0.2) is 0 Å². The van der Waals surface area contributed by atoms with E-state index in [9.17, 15) is 19.7 Å². The first-order chi connectivity index (χ1) is 11.2. The van der Waals surface area contributed by atoms with E-state index in [0.29, 0.717) is 19.3 Å². The number of carbonyl (C=O) groups excluding carboxylic acids is 1. The van der Waals surface area contributed by atoms with E-state index in [4.69, 9.17) is 5.11 Å². The maximum atomic E-state index is 12.5. The molecular weight excluding hydrogens is 312 g/mol. The second-order valence-corrected chi connectivity index (χ2v) is 6.82. The summed E-state index contributed by atoms with van der Waals surface area (Å²) in [5, 5.41) is 22.8. The summed E-state index contributed by atoms with van der Waals surface area (Å²) in [4.78, 5) is 33.9. The summed E-state index contributed by atoms with van der Waals surface area (Å²) < 4.78 is 0. The zero-order valence-corrected chi connectivity index (χ0v) is 13.8. The first kappa shape index (κ1) is 17.9. The summed E-state index contributed by atoms with van der Waals surface area (Å²) >= 11 is 0. The number of rotatable bonds is 5. The summed E-state index contributed by atoms with van der Waals surface area (Å²) in [5.74, 6) is -1.78. The van der Waals surface area contributed by atoms with E-state index in [-0.39, 0.29) is 17.5 Å². The fourth-order valence-electron chi connectivity index (χ4n) is 3.13.